The van der Waals surface area contributed by atoms with Crippen LogP contribution in [0, 0.1) is 0 Å². The molecule has 2 aliphatic heterocycles. The number of nitrogens with one attached hydrogen (secondary N) is 1. The van der Waals surface area contributed by atoms with Crippen LogP contribution in [0.2, 0.25) is 0 Å². The van der Waals surface area contributed by atoms with Crippen LogP contribution in [0.25, 0.3) is 0 Å². The Labute approximate surface area is 119 Å². The third-order valence-corrected chi connectivity index (χ3v) is 4.34. The van der Waals surface area contributed by atoms with Gasteiger partial charge in [0, 0.05) is 19.3 Å². The molecule has 108 valence electrons. The lowest BCUT2D eigenvalue weighted by molar-refractivity contribution is -0.0392. The quantitative estimate of drug-likeness (QED) is 0.877. The van der Waals surface area contributed by atoms with Crippen molar-refractivity contribution in [3.05, 3.63) is 30.1 Å². The van der Waals surface area contributed by atoms with E-state index in [0.29, 0.717) is 12.3 Å². The fourth-order valence-corrected chi connectivity index (χ4v) is 3.07. The van der Waals surface area contributed by atoms with Gasteiger partial charge in [-0.15, -0.1) is 0 Å². The number of piperidine rings is 1. The lowest BCUT2D eigenvalue weighted by atomic mass is 9.87. The van der Waals surface area contributed by atoms with Gasteiger partial charge in [0.15, 0.2) is 0 Å². The van der Waals surface area contributed by atoms with Crippen LogP contribution in [0.4, 0.5) is 0 Å². The molecule has 3 heterocycles. The van der Waals surface area contributed by atoms with E-state index < -0.39 is 0 Å². The Balaban J connectivity index is 1.57. The zero-order valence-electron chi connectivity index (χ0n) is 11.8. The predicted octanol–water partition coefficient (Wildman–Crippen LogP) is 1.06. The second-order valence-electron chi connectivity index (χ2n) is 5.89. The van der Waals surface area contributed by atoms with Crippen LogP contribution in [0.1, 0.15) is 29.8 Å². The first-order chi connectivity index (χ1) is 9.67. The van der Waals surface area contributed by atoms with Gasteiger partial charge < -0.3 is 15.0 Å². The lowest BCUT2D eigenvalue weighted by Crippen LogP contribution is -2.43. The Morgan fingerprint density at radius 1 is 1.45 bits per heavy atom. The molecule has 0 aromatic carbocycles. The van der Waals surface area contributed by atoms with Gasteiger partial charge in [-0.25, -0.2) is 0 Å². The van der Waals surface area contributed by atoms with Crippen molar-refractivity contribution in [1.82, 2.24) is 15.2 Å². The SMILES string of the molecule is CN1CCC2(CC1)CC(NC(=O)c1ccccn1)CO2. The summed E-state index contributed by atoms with van der Waals surface area (Å²) in [5.74, 6) is -0.107. The molecule has 0 aliphatic carbocycles. The topological polar surface area (TPSA) is 54.5 Å². The summed E-state index contributed by atoms with van der Waals surface area (Å²) in [6, 6.07) is 5.47. The van der Waals surface area contributed by atoms with E-state index >= 15 is 0 Å². The average molecular weight is 275 g/mol. The third kappa shape index (κ3) is 2.83. The smallest absolute Gasteiger partial charge is 0.270 e. The highest BCUT2D eigenvalue weighted by Gasteiger charge is 2.42. The second-order valence-corrected chi connectivity index (χ2v) is 5.89. The van der Waals surface area contributed by atoms with Gasteiger partial charge in [0.1, 0.15) is 5.69 Å². The summed E-state index contributed by atoms with van der Waals surface area (Å²) in [7, 11) is 2.14. The summed E-state index contributed by atoms with van der Waals surface area (Å²) in [6.07, 6.45) is 4.66. The average Bonchev–Trinajstić information content (AvgIpc) is 2.86. The van der Waals surface area contributed by atoms with Crippen molar-refractivity contribution in [3.8, 4) is 0 Å². The first-order valence-corrected chi connectivity index (χ1v) is 7.21. The van der Waals surface area contributed by atoms with Gasteiger partial charge in [-0.3, -0.25) is 9.78 Å². The maximum absolute atomic E-state index is 12.1. The van der Waals surface area contributed by atoms with Crippen LogP contribution < -0.4 is 5.32 Å². The molecule has 1 spiro atoms. The number of likely N-dealkylation sites (tertiary alicyclic amines) is 1. The molecule has 0 radical (unpaired) electrons. The zero-order chi connectivity index (χ0) is 14.0. The van der Waals surface area contributed by atoms with E-state index in [-0.39, 0.29) is 17.6 Å². The Morgan fingerprint density at radius 3 is 2.95 bits per heavy atom. The number of ether oxygens (including phenoxy) is 1. The standard InChI is InChI=1S/C15H21N3O2/c1-18-8-5-15(6-9-18)10-12(11-20-15)17-14(19)13-4-2-3-7-16-13/h2-4,7,12H,5-6,8-11H2,1H3,(H,17,19). The van der Waals surface area contributed by atoms with E-state index in [1.165, 1.54) is 0 Å². The third-order valence-electron chi connectivity index (χ3n) is 4.34. The minimum atomic E-state index is -0.107. The molecule has 1 N–H and O–H groups in total. The lowest BCUT2D eigenvalue weighted by Gasteiger charge is -2.36. The van der Waals surface area contributed by atoms with Crippen molar-refractivity contribution < 1.29 is 9.53 Å². The number of rotatable bonds is 2. The van der Waals surface area contributed by atoms with Gasteiger partial charge in [0.2, 0.25) is 0 Å². The number of nitrogens with zero attached hydrogens (tertiary/aromatic N) is 2. The number of hydrogen-bond acceptors (Lipinski definition) is 4. The molecule has 20 heavy (non-hydrogen) atoms. The number of hydrogen-bond donors (Lipinski definition) is 1. The number of carbonyl (C=O) groups excluding carboxylic acids is 1. The first-order valence-electron chi connectivity index (χ1n) is 7.21. The molecule has 0 saturated carbocycles. The molecule has 2 saturated heterocycles. The number of pyridine rings is 1. The van der Waals surface area contributed by atoms with Crippen molar-refractivity contribution in [1.29, 1.82) is 0 Å². The van der Waals surface area contributed by atoms with Gasteiger partial charge in [0.05, 0.1) is 18.2 Å². The zero-order valence-corrected chi connectivity index (χ0v) is 11.8. The largest absolute Gasteiger partial charge is 0.373 e. The number of carbonyl (C=O) groups is 1. The maximum atomic E-state index is 12.1. The van der Waals surface area contributed by atoms with Crippen molar-refractivity contribution in [2.75, 3.05) is 26.7 Å². The van der Waals surface area contributed by atoms with Crippen LogP contribution in [0.3, 0.4) is 0 Å². The van der Waals surface area contributed by atoms with E-state index in [1.807, 2.05) is 12.1 Å². The fourth-order valence-electron chi connectivity index (χ4n) is 3.07. The molecule has 1 atom stereocenters. The molecule has 0 bridgehead atoms. The van der Waals surface area contributed by atoms with Gasteiger partial charge in [-0.1, -0.05) is 6.07 Å². The number of aromatic nitrogens is 1. The van der Waals surface area contributed by atoms with E-state index in [4.69, 9.17) is 4.74 Å². The maximum Gasteiger partial charge on any atom is 0.270 e. The predicted molar refractivity (Wildman–Crippen MR) is 75.5 cm³/mol. The Morgan fingerprint density at radius 2 is 2.25 bits per heavy atom. The van der Waals surface area contributed by atoms with Gasteiger partial charge in [-0.2, -0.15) is 0 Å². The van der Waals surface area contributed by atoms with Crippen LogP contribution in [0.15, 0.2) is 24.4 Å². The van der Waals surface area contributed by atoms with Gasteiger partial charge >= 0.3 is 0 Å². The Bertz CT molecular complexity index is 469. The van der Waals surface area contributed by atoms with Crippen molar-refractivity contribution in [3.63, 3.8) is 0 Å². The minimum absolute atomic E-state index is 0.0193. The molecule has 5 nitrogen and oxygen atoms in total. The summed E-state index contributed by atoms with van der Waals surface area (Å²) in [5.41, 5.74) is 0.450. The molecule has 1 aromatic rings. The normalized spacial score (nSPS) is 25.8. The van der Waals surface area contributed by atoms with Crippen molar-refractivity contribution in [2.45, 2.75) is 30.9 Å². The molecular weight excluding hydrogens is 254 g/mol. The van der Waals surface area contributed by atoms with E-state index in [9.17, 15) is 4.79 Å². The van der Waals surface area contributed by atoms with Gasteiger partial charge in [0.25, 0.3) is 5.91 Å². The van der Waals surface area contributed by atoms with Crippen LogP contribution in [-0.4, -0.2) is 54.2 Å². The van der Waals surface area contributed by atoms with Crippen LogP contribution >= 0.6 is 0 Å². The highest BCUT2D eigenvalue weighted by molar-refractivity contribution is 5.92. The molecule has 3 rings (SSSR count). The second kappa shape index (κ2) is 5.50. The molecule has 1 amide bonds. The summed E-state index contributed by atoms with van der Waals surface area (Å²) in [6.45, 7) is 2.75. The molecular formula is C15H21N3O2. The molecule has 1 unspecified atom stereocenters. The minimum Gasteiger partial charge on any atom is -0.373 e. The Hall–Kier alpha value is -1.46. The van der Waals surface area contributed by atoms with Crippen molar-refractivity contribution in [2.24, 2.45) is 0 Å². The summed E-state index contributed by atoms with van der Waals surface area (Å²) >= 11 is 0. The number of amides is 1. The fraction of sp³-hybridized carbons (Fsp3) is 0.600. The summed E-state index contributed by atoms with van der Waals surface area (Å²) in [5, 5.41) is 3.04. The van der Waals surface area contributed by atoms with Crippen molar-refractivity contribution >= 4 is 5.91 Å². The van der Waals surface area contributed by atoms with Crippen LogP contribution in [-0.2, 0) is 4.74 Å². The molecule has 2 fully saturated rings. The highest BCUT2D eigenvalue weighted by atomic mass is 16.5. The highest BCUT2D eigenvalue weighted by Crippen LogP contribution is 2.35. The van der Waals surface area contributed by atoms with Gasteiger partial charge in [-0.05, 0) is 38.4 Å². The van der Waals surface area contributed by atoms with Crippen LogP contribution in [0.5, 0.6) is 0 Å². The van der Waals surface area contributed by atoms with E-state index in [0.717, 1.165) is 32.4 Å². The molecule has 2 aliphatic rings. The molecule has 1 aromatic heterocycles. The Kier molecular flexibility index (Phi) is 3.72. The van der Waals surface area contributed by atoms with E-state index in [1.54, 1.807) is 12.3 Å². The summed E-state index contributed by atoms with van der Waals surface area (Å²) in [4.78, 5) is 18.5. The van der Waals surface area contributed by atoms with E-state index in [2.05, 4.69) is 22.2 Å². The molecule has 5 heteroatoms. The summed E-state index contributed by atoms with van der Waals surface area (Å²) < 4.78 is 6.02. The monoisotopic (exact) mass is 275 g/mol. The first kappa shape index (κ1) is 13.5.